The van der Waals surface area contributed by atoms with Crippen molar-refractivity contribution in [3.8, 4) is 0 Å². The third-order valence-electron chi connectivity index (χ3n) is 3.12. The molecule has 1 aromatic rings. The molecule has 1 aliphatic rings. The van der Waals surface area contributed by atoms with Gasteiger partial charge in [-0.1, -0.05) is 36.2 Å². The predicted octanol–water partition coefficient (Wildman–Crippen LogP) is 4.73. The summed E-state index contributed by atoms with van der Waals surface area (Å²) in [6, 6.07) is 5.81. The molecule has 0 bridgehead atoms. The first-order valence-electron chi connectivity index (χ1n) is 6.73. The number of nitrogens with one attached hydrogen (secondary N) is 1. The molecule has 0 aliphatic carbocycles. The monoisotopic (exact) mass is 299 g/mol. The second-order valence-corrected chi connectivity index (χ2v) is 5.47. The zero-order valence-corrected chi connectivity index (χ0v) is 12.6. The van der Waals surface area contributed by atoms with E-state index in [9.17, 15) is 0 Å². The van der Waals surface area contributed by atoms with E-state index >= 15 is 0 Å². The highest BCUT2D eigenvalue weighted by molar-refractivity contribution is 6.42. The minimum absolute atomic E-state index is 0.0648. The van der Waals surface area contributed by atoms with Crippen molar-refractivity contribution in [3.05, 3.63) is 45.6 Å². The molecule has 1 aliphatic heterocycles. The molecule has 0 aromatic heterocycles. The van der Waals surface area contributed by atoms with Gasteiger partial charge in [-0.25, -0.2) is 0 Å². The van der Waals surface area contributed by atoms with Crippen molar-refractivity contribution in [1.82, 2.24) is 5.32 Å². The smallest absolute Gasteiger partial charge is 0.113 e. The number of ether oxygens (including phenoxy) is 1. The van der Waals surface area contributed by atoms with Gasteiger partial charge in [-0.2, -0.15) is 0 Å². The number of benzene rings is 1. The van der Waals surface area contributed by atoms with Gasteiger partial charge in [0, 0.05) is 0 Å². The maximum absolute atomic E-state index is 6.11. The SMILES string of the molecule is CCCNC(C1=CCCCO1)c1ccc(Cl)c(Cl)c1. The summed E-state index contributed by atoms with van der Waals surface area (Å²) in [5.74, 6) is 0.998. The van der Waals surface area contributed by atoms with Crippen molar-refractivity contribution in [3.63, 3.8) is 0 Å². The van der Waals surface area contributed by atoms with Gasteiger partial charge in [0.25, 0.3) is 0 Å². The summed E-state index contributed by atoms with van der Waals surface area (Å²) in [5, 5.41) is 4.67. The number of allylic oxidation sites excluding steroid dienone is 1. The summed E-state index contributed by atoms with van der Waals surface area (Å²) < 4.78 is 5.78. The lowest BCUT2D eigenvalue weighted by Gasteiger charge is -2.25. The molecule has 1 heterocycles. The van der Waals surface area contributed by atoms with Crippen molar-refractivity contribution >= 4 is 23.2 Å². The van der Waals surface area contributed by atoms with Crippen LogP contribution in [0.2, 0.25) is 10.0 Å². The van der Waals surface area contributed by atoms with E-state index in [2.05, 4.69) is 18.3 Å². The molecule has 1 aromatic carbocycles. The maximum Gasteiger partial charge on any atom is 0.113 e. The Morgan fingerprint density at radius 1 is 1.32 bits per heavy atom. The van der Waals surface area contributed by atoms with E-state index in [1.165, 1.54) is 0 Å². The molecule has 4 heteroatoms. The summed E-state index contributed by atoms with van der Waals surface area (Å²) >= 11 is 12.1. The first kappa shape index (κ1) is 14.7. The minimum atomic E-state index is 0.0648. The van der Waals surface area contributed by atoms with Crippen LogP contribution < -0.4 is 5.32 Å². The summed E-state index contributed by atoms with van der Waals surface area (Å²) in [7, 11) is 0. The van der Waals surface area contributed by atoms with Gasteiger partial charge in [0.1, 0.15) is 5.76 Å². The highest BCUT2D eigenvalue weighted by Gasteiger charge is 2.20. The lowest BCUT2D eigenvalue weighted by Crippen LogP contribution is -2.26. The Kier molecular flexibility index (Phi) is 5.56. The van der Waals surface area contributed by atoms with Gasteiger partial charge < -0.3 is 10.1 Å². The molecule has 0 saturated carbocycles. The minimum Gasteiger partial charge on any atom is -0.496 e. The van der Waals surface area contributed by atoms with Crippen LogP contribution >= 0.6 is 23.2 Å². The Morgan fingerprint density at radius 3 is 2.79 bits per heavy atom. The lowest BCUT2D eigenvalue weighted by atomic mass is 10.0. The van der Waals surface area contributed by atoms with Crippen molar-refractivity contribution < 1.29 is 4.74 Å². The number of halogens is 2. The van der Waals surface area contributed by atoms with Gasteiger partial charge in [0.2, 0.25) is 0 Å². The van der Waals surface area contributed by atoms with Gasteiger partial charge in [-0.15, -0.1) is 0 Å². The van der Waals surface area contributed by atoms with Crippen molar-refractivity contribution in [2.24, 2.45) is 0 Å². The summed E-state index contributed by atoms with van der Waals surface area (Å²) in [5.41, 5.74) is 1.09. The summed E-state index contributed by atoms with van der Waals surface area (Å²) in [4.78, 5) is 0. The highest BCUT2D eigenvalue weighted by atomic mass is 35.5. The molecular weight excluding hydrogens is 281 g/mol. The van der Waals surface area contributed by atoms with Crippen LogP contribution in [0.3, 0.4) is 0 Å². The largest absolute Gasteiger partial charge is 0.496 e. The van der Waals surface area contributed by atoms with E-state index in [-0.39, 0.29) is 6.04 Å². The molecule has 0 amide bonds. The molecule has 1 atom stereocenters. The molecule has 0 spiro atoms. The molecule has 0 fully saturated rings. The second kappa shape index (κ2) is 7.18. The zero-order chi connectivity index (χ0) is 13.7. The fourth-order valence-corrected chi connectivity index (χ4v) is 2.45. The van der Waals surface area contributed by atoms with E-state index in [1.54, 1.807) is 0 Å². The van der Waals surface area contributed by atoms with Crippen molar-refractivity contribution in [2.45, 2.75) is 32.2 Å². The molecular formula is C15H19Cl2NO. The third-order valence-corrected chi connectivity index (χ3v) is 3.86. The molecule has 19 heavy (non-hydrogen) atoms. The van der Waals surface area contributed by atoms with Gasteiger partial charge in [0.05, 0.1) is 22.7 Å². The van der Waals surface area contributed by atoms with Gasteiger partial charge in [-0.3, -0.25) is 0 Å². The first-order valence-corrected chi connectivity index (χ1v) is 7.49. The van der Waals surface area contributed by atoms with Crippen molar-refractivity contribution in [1.29, 1.82) is 0 Å². The van der Waals surface area contributed by atoms with Gasteiger partial charge in [0.15, 0.2) is 0 Å². The van der Waals surface area contributed by atoms with Crippen LogP contribution in [0.1, 0.15) is 37.8 Å². The molecule has 1 unspecified atom stereocenters. The maximum atomic E-state index is 6.11. The van der Waals surface area contributed by atoms with E-state index in [0.717, 1.165) is 43.7 Å². The highest BCUT2D eigenvalue weighted by Crippen LogP contribution is 2.30. The predicted molar refractivity (Wildman–Crippen MR) is 80.8 cm³/mol. The lowest BCUT2D eigenvalue weighted by molar-refractivity contribution is 0.167. The topological polar surface area (TPSA) is 21.3 Å². The van der Waals surface area contributed by atoms with Crippen LogP contribution in [0.4, 0.5) is 0 Å². The Labute approximate surface area is 124 Å². The molecule has 0 radical (unpaired) electrons. The Balaban J connectivity index is 2.25. The normalized spacial score (nSPS) is 16.7. The molecule has 1 N–H and O–H groups in total. The van der Waals surface area contributed by atoms with Gasteiger partial charge >= 0.3 is 0 Å². The number of rotatable bonds is 5. The van der Waals surface area contributed by atoms with Crippen LogP contribution in [-0.2, 0) is 4.74 Å². The average Bonchev–Trinajstić information content (AvgIpc) is 2.44. The molecule has 2 rings (SSSR count). The van der Waals surface area contributed by atoms with Crippen LogP contribution in [0, 0.1) is 0 Å². The molecule has 2 nitrogen and oxygen atoms in total. The number of hydrogen-bond donors (Lipinski definition) is 1. The Morgan fingerprint density at radius 2 is 2.16 bits per heavy atom. The van der Waals surface area contributed by atoms with Gasteiger partial charge in [-0.05, 0) is 49.6 Å². The van der Waals surface area contributed by atoms with E-state index < -0.39 is 0 Å². The standard InChI is InChI=1S/C15H19Cl2NO/c1-2-8-18-15(14-5-3-4-9-19-14)11-6-7-12(16)13(17)10-11/h5-7,10,15,18H,2-4,8-9H2,1H3. The average molecular weight is 300 g/mol. The van der Waals surface area contributed by atoms with Crippen LogP contribution in [-0.4, -0.2) is 13.2 Å². The molecule has 0 saturated heterocycles. The Hall–Kier alpha value is -0.700. The van der Waals surface area contributed by atoms with Crippen molar-refractivity contribution in [2.75, 3.05) is 13.2 Å². The fourth-order valence-electron chi connectivity index (χ4n) is 2.14. The van der Waals surface area contributed by atoms with E-state index in [0.29, 0.717) is 10.0 Å². The summed E-state index contributed by atoms with van der Waals surface area (Å²) in [6.07, 6.45) is 5.40. The first-order chi connectivity index (χ1) is 9.22. The third kappa shape index (κ3) is 3.88. The van der Waals surface area contributed by atoms with Crippen LogP contribution in [0.25, 0.3) is 0 Å². The van der Waals surface area contributed by atoms with Crippen LogP contribution in [0.5, 0.6) is 0 Å². The summed E-state index contributed by atoms with van der Waals surface area (Å²) in [6.45, 7) is 3.87. The molecule has 104 valence electrons. The number of hydrogen-bond acceptors (Lipinski definition) is 2. The second-order valence-electron chi connectivity index (χ2n) is 4.66. The van der Waals surface area contributed by atoms with E-state index in [1.807, 2.05) is 18.2 Å². The zero-order valence-electron chi connectivity index (χ0n) is 11.1. The Bertz CT molecular complexity index is 459. The van der Waals surface area contributed by atoms with E-state index in [4.69, 9.17) is 27.9 Å². The van der Waals surface area contributed by atoms with Crippen LogP contribution in [0.15, 0.2) is 30.0 Å². The fraction of sp³-hybridized carbons (Fsp3) is 0.467. The quantitative estimate of drug-likeness (QED) is 0.849.